The van der Waals surface area contributed by atoms with Crippen molar-refractivity contribution < 1.29 is 35.9 Å². The molecule has 0 rings (SSSR count). The Morgan fingerprint density at radius 3 is 1.25 bits per heavy atom. The minimum absolute atomic E-state index is 0.0767. The van der Waals surface area contributed by atoms with E-state index in [2.05, 4.69) is 13.8 Å². The highest BCUT2D eigenvalue weighted by Gasteiger charge is 2.30. The van der Waals surface area contributed by atoms with Crippen LogP contribution in [0.1, 0.15) is 129 Å². The molecule has 0 unspecified atom stereocenters. The Morgan fingerprint density at radius 1 is 0.500 bits per heavy atom. The van der Waals surface area contributed by atoms with E-state index < -0.39 is 31.0 Å². The first-order valence-corrected chi connectivity index (χ1v) is 12.1. The molecular weight excluding hydrogens is 434 g/mol. The van der Waals surface area contributed by atoms with Crippen molar-refractivity contribution in [3.63, 3.8) is 0 Å². The highest BCUT2D eigenvalue weighted by Crippen LogP contribution is 2.22. The zero-order valence-corrected chi connectivity index (χ0v) is 19.8. The highest BCUT2D eigenvalue weighted by atomic mass is 19.4. The normalized spacial score (nSPS) is 11.8. The van der Waals surface area contributed by atoms with Gasteiger partial charge in [-0.05, 0) is 12.8 Å². The summed E-state index contributed by atoms with van der Waals surface area (Å²) in [7, 11) is 0. The van der Waals surface area contributed by atoms with Crippen LogP contribution in [0.4, 0.5) is 26.3 Å². The van der Waals surface area contributed by atoms with Crippen LogP contribution in [0, 0.1) is 0 Å². The Labute approximate surface area is 189 Å². The maximum atomic E-state index is 11.8. The molecule has 192 valence electrons. The molecule has 0 spiro atoms. The van der Waals surface area contributed by atoms with Crippen molar-refractivity contribution in [3.05, 3.63) is 0 Å². The van der Waals surface area contributed by atoms with Crippen LogP contribution in [0.25, 0.3) is 0 Å². The van der Waals surface area contributed by atoms with Gasteiger partial charge in [-0.25, -0.2) is 0 Å². The average molecular weight is 477 g/mol. The van der Waals surface area contributed by atoms with Gasteiger partial charge < -0.3 is 0 Å². The zero-order chi connectivity index (χ0) is 24.9. The standard InChI is InChI=1S/2C12H21F3O/c1-2-3-4-5-6-7-8-11(16)9-10-12(13,14)15;1-2-3-4-5-6-7-8-9-11(16)10-12(13,14)15/h2*2-10H2,1H3. The fourth-order valence-electron chi connectivity index (χ4n) is 3.10. The third-order valence-corrected chi connectivity index (χ3v) is 4.95. The lowest BCUT2D eigenvalue weighted by Gasteiger charge is -2.05. The summed E-state index contributed by atoms with van der Waals surface area (Å²) in [4.78, 5) is 22.0. The first-order chi connectivity index (χ1) is 14.9. The Morgan fingerprint density at radius 2 is 0.875 bits per heavy atom. The number of carbonyl (C=O) groups is 2. The predicted octanol–water partition coefficient (Wildman–Crippen LogP) is 9.30. The van der Waals surface area contributed by atoms with Gasteiger partial charge in [0.2, 0.25) is 0 Å². The molecule has 0 aliphatic rings. The molecule has 0 fully saturated rings. The van der Waals surface area contributed by atoms with Gasteiger partial charge in [0.05, 0.1) is 6.42 Å². The molecule has 32 heavy (non-hydrogen) atoms. The summed E-state index contributed by atoms with van der Waals surface area (Å²) in [5, 5.41) is 0. The lowest BCUT2D eigenvalue weighted by atomic mass is 10.1. The van der Waals surface area contributed by atoms with Gasteiger partial charge in [0.25, 0.3) is 0 Å². The fraction of sp³-hybridized carbons (Fsp3) is 0.917. The van der Waals surface area contributed by atoms with Crippen LogP contribution >= 0.6 is 0 Å². The van der Waals surface area contributed by atoms with Crippen molar-refractivity contribution in [1.82, 2.24) is 0 Å². The van der Waals surface area contributed by atoms with Crippen molar-refractivity contribution in [2.24, 2.45) is 0 Å². The topological polar surface area (TPSA) is 34.1 Å². The molecule has 0 bridgehead atoms. The van der Waals surface area contributed by atoms with Gasteiger partial charge in [0.15, 0.2) is 0 Å². The lowest BCUT2D eigenvalue weighted by molar-refractivity contribution is -0.152. The molecule has 0 atom stereocenters. The molecule has 0 heterocycles. The van der Waals surface area contributed by atoms with Gasteiger partial charge in [-0.2, -0.15) is 26.3 Å². The summed E-state index contributed by atoms with van der Waals surface area (Å²) < 4.78 is 70.8. The first-order valence-electron chi connectivity index (χ1n) is 12.1. The molecule has 0 aliphatic heterocycles. The number of hydrogen-bond donors (Lipinski definition) is 0. The number of rotatable bonds is 18. The van der Waals surface area contributed by atoms with Crippen LogP contribution in [0.5, 0.6) is 0 Å². The Balaban J connectivity index is 0. The Kier molecular flexibility index (Phi) is 21.2. The summed E-state index contributed by atoms with van der Waals surface area (Å²) in [5.41, 5.74) is 0. The van der Waals surface area contributed by atoms with Gasteiger partial charge in [0.1, 0.15) is 18.0 Å². The Hall–Kier alpha value is -1.08. The van der Waals surface area contributed by atoms with Crippen molar-refractivity contribution in [3.8, 4) is 0 Å². The van der Waals surface area contributed by atoms with Crippen LogP contribution in [0.2, 0.25) is 0 Å². The second kappa shape index (κ2) is 20.5. The maximum absolute atomic E-state index is 11.8. The van der Waals surface area contributed by atoms with E-state index in [1.165, 1.54) is 32.1 Å². The van der Waals surface area contributed by atoms with E-state index in [1.807, 2.05) is 0 Å². The van der Waals surface area contributed by atoms with Crippen LogP contribution in [0.15, 0.2) is 0 Å². The van der Waals surface area contributed by atoms with Gasteiger partial charge >= 0.3 is 12.4 Å². The summed E-state index contributed by atoms with van der Waals surface area (Å²) in [6, 6.07) is 0. The van der Waals surface area contributed by atoms with Crippen LogP contribution in [-0.2, 0) is 9.59 Å². The van der Waals surface area contributed by atoms with Crippen molar-refractivity contribution >= 4 is 11.6 Å². The van der Waals surface area contributed by atoms with Gasteiger partial charge in [-0.15, -0.1) is 0 Å². The Bertz CT molecular complexity index is 458. The molecule has 0 aromatic rings. The molecule has 0 aliphatic carbocycles. The van der Waals surface area contributed by atoms with Crippen molar-refractivity contribution in [1.29, 1.82) is 0 Å². The molecular formula is C24H42F6O2. The maximum Gasteiger partial charge on any atom is 0.395 e. The number of unbranched alkanes of at least 4 members (excludes halogenated alkanes) is 11. The van der Waals surface area contributed by atoms with Crippen LogP contribution in [-0.4, -0.2) is 23.9 Å². The third kappa shape index (κ3) is 31.1. The summed E-state index contributed by atoms with van der Waals surface area (Å²) in [6.45, 7) is 4.26. The number of carbonyl (C=O) groups excluding carboxylic acids is 2. The molecule has 0 N–H and O–H groups in total. The van der Waals surface area contributed by atoms with Crippen molar-refractivity contribution in [2.75, 3.05) is 0 Å². The lowest BCUT2D eigenvalue weighted by Crippen LogP contribution is -2.14. The second-order valence-electron chi connectivity index (χ2n) is 8.37. The quantitative estimate of drug-likeness (QED) is 0.146. The highest BCUT2D eigenvalue weighted by molar-refractivity contribution is 5.79. The minimum Gasteiger partial charge on any atom is -0.300 e. The van der Waals surface area contributed by atoms with E-state index in [-0.39, 0.29) is 18.6 Å². The average Bonchev–Trinajstić information content (AvgIpc) is 2.67. The van der Waals surface area contributed by atoms with E-state index in [4.69, 9.17) is 0 Å². The molecule has 8 heteroatoms. The molecule has 0 saturated carbocycles. The van der Waals surface area contributed by atoms with Crippen LogP contribution < -0.4 is 0 Å². The zero-order valence-electron chi connectivity index (χ0n) is 19.8. The summed E-state index contributed by atoms with van der Waals surface area (Å²) in [5.74, 6) is -0.936. The second-order valence-corrected chi connectivity index (χ2v) is 8.37. The van der Waals surface area contributed by atoms with Gasteiger partial charge in [0, 0.05) is 19.3 Å². The van der Waals surface area contributed by atoms with Crippen molar-refractivity contribution in [2.45, 2.75) is 142 Å². The molecule has 0 aromatic carbocycles. The van der Waals surface area contributed by atoms with Gasteiger partial charge in [-0.1, -0.05) is 84.5 Å². The number of alkyl halides is 6. The van der Waals surface area contributed by atoms with E-state index in [1.54, 1.807) is 0 Å². The van der Waals surface area contributed by atoms with Gasteiger partial charge in [-0.3, -0.25) is 9.59 Å². The van der Waals surface area contributed by atoms with E-state index in [9.17, 15) is 35.9 Å². The number of hydrogen-bond acceptors (Lipinski definition) is 2. The molecule has 2 nitrogen and oxygen atoms in total. The summed E-state index contributed by atoms with van der Waals surface area (Å²) >= 11 is 0. The largest absolute Gasteiger partial charge is 0.395 e. The predicted molar refractivity (Wildman–Crippen MR) is 117 cm³/mol. The number of Topliss-reactive ketones (excluding diaryl/α,β-unsaturated/α-hetero) is 2. The summed E-state index contributed by atoms with van der Waals surface area (Å²) in [6.07, 6.45) is 2.78. The minimum atomic E-state index is -4.34. The first kappa shape index (κ1) is 33.1. The molecule has 0 saturated heterocycles. The number of halogens is 6. The molecule has 0 amide bonds. The van der Waals surface area contributed by atoms with E-state index >= 15 is 0 Å². The van der Waals surface area contributed by atoms with E-state index in [0.717, 1.165) is 44.9 Å². The number of ketones is 2. The third-order valence-electron chi connectivity index (χ3n) is 4.95. The van der Waals surface area contributed by atoms with E-state index in [0.29, 0.717) is 12.8 Å². The SMILES string of the molecule is CCCCCCCCC(=O)CCC(F)(F)F.CCCCCCCCCC(=O)CC(F)(F)F. The molecule has 0 aromatic heterocycles. The fourth-order valence-corrected chi connectivity index (χ4v) is 3.10. The van der Waals surface area contributed by atoms with Crippen LogP contribution in [0.3, 0.4) is 0 Å². The monoisotopic (exact) mass is 476 g/mol. The molecule has 0 radical (unpaired) electrons. The smallest absolute Gasteiger partial charge is 0.300 e.